The number of aromatic nitrogens is 2. The Balaban J connectivity index is 1.22. The van der Waals surface area contributed by atoms with E-state index in [1.54, 1.807) is 0 Å². The zero-order chi connectivity index (χ0) is 25.2. The van der Waals surface area contributed by atoms with Crippen LogP contribution in [-0.4, -0.2) is 28.6 Å². The molecule has 5 heteroatoms. The van der Waals surface area contributed by atoms with Gasteiger partial charge in [-0.25, -0.2) is 4.98 Å². The van der Waals surface area contributed by atoms with Crippen LogP contribution in [0.5, 0.6) is 5.75 Å². The molecule has 0 atom stereocenters. The van der Waals surface area contributed by atoms with Crippen molar-refractivity contribution in [2.24, 2.45) is 0 Å². The molecular weight excluding hydrogens is 446 g/mol. The number of imidazole rings is 1. The van der Waals surface area contributed by atoms with Crippen LogP contribution >= 0.6 is 0 Å². The highest BCUT2D eigenvalue weighted by Crippen LogP contribution is 2.19. The van der Waals surface area contributed by atoms with Crippen LogP contribution in [0.3, 0.4) is 0 Å². The first-order valence-electron chi connectivity index (χ1n) is 13.1. The van der Waals surface area contributed by atoms with Gasteiger partial charge >= 0.3 is 0 Å². The number of rotatable bonds is 13. The number of ether oxygens (including phenoxy) is 1. The Bertz CT molecular complexity index is 1280. The molecule has 0 unspecified atom stereocenters. The zero-order valence-corrected chi connectivity index (χ0v) is 21.5. The van der Waals surface area contributed by atoms with E-state index in [9.17, 15) is 4.79 Å². The zero-order valence-electron chi connectivity index (χ0n) is 21.5. The lowest BCUT2D eigenvalue weighted by molar-refractivity contribution is 0.0953. The van der Waals surface area contributed by atoms with Crippen LogP contribution in [0.1, 0.15) is 59.4 Å². The molecule has 1 N–H and O–H groups in total. The largest absolute Gasteiger partial charge is 0.494 e. The maximum absolute atomic E-state index is 12.3. The summed E-state index contributed by atoms with van der Waals surface area (Å²) in [5, 5.41) is 3.04. The Morgan fingerprint density at radius 3 is 2.50 bits per heavy atom. The van der Waals surface area contributed by atoms with Gasteiger partial charge in [-0.3, -0.25) is 4.79 Å². The lowest BCUT2D eigenvalue weighted by atomic mass is 10.1. The Morgan fingerprint density at radius 2 is 1.67 bits per heavy atom. The first kappa shape index (κ1) is 25.5. The van der Waals surface area contributed by atoms with Crippen molar-refractivity contribution in [2.75, 3.05) is 13.2 Å². The van der Waals surface area contributed by atoms with Gasteiger partial charge in [-0.2, -0.15) is 0 Å². The standard InChI is InChI=1S/C31H37N3O2/c1-24-12-10-14-26(22-24)31(35)32-19-7-3-4-18-30-33-28-16-5-6-17-29(28)34(30)20-8-9-21-36-27-15-11-13-25(2)23-27/h5-6,10-17,22-23H,3-4,7-9,18-21H2,1-2H3,(H,32,35). The van der Waals surface area contributed by atoms with Crippen molar-refractivity contribution in [1.82, 2.24) is 14.9 Å². The molecule has 0 fully saturated rings. The Morgan fingerprint density at radius 1 is 0.861 bits per heavy atom. The van der Waals surface area contributed by atoms with Gasteiger partial charge in [0.25, 0.3) is 5.91 Å². The summed E-state index contributed by atoms with van der Waals surface area (Å²) >= 11 is 0. The highest BCUT2D eigenvalue weighted by atomic mass is 16.5. The van der Waals surface area contributed by atoms with E-state index in [0.717, 1.165) is 79.9 Å². The Labute approximate surface area is 214 Å². The van der Waals surface area contributed by atoms with Crippen LogP contribution in [0.2, 0.25) is 0 Å². The molecule has 0 bridgehead atoms. The third kappa shape index (κ3) is 7.20. The molecule has 4 rings (SSSR count). The smallest absolute Gasteiger partial charge is 0.251 e. The normalized spacial score (nSPS) is 11.1. The van der Waals surface area contributed by atoms with Gasteiger partial charge in [-0.15, -0.1) is 0 Å². The maximum atomic E-state index is 12.3. The minimum absolute atomic E-state index is 0.00636. The molecule has 0 radical (unpaired) electrons. The van der Waals surface area contributed by atoms with Crippen LogP contribution in [0, 0.1) is 13.8 Å². The number of nitrogens with one attached hydrogen (secondary N) is 1. The summed E-state index contributed by atoms with van der Waals surface area (Å²) in [6.07, 6.45) is 6.07. The quantitative estimate of drug-likeness (QED) is 0.217. The van der Waals surface area contributed by atoms with Crippen molar-refractivity contribution in [1.29, 1.82) is 0 Å². The van der Waals surface area contributed by atoms with E-state index >= 15 is 0 Å². The number of unbranched alkanes of at least 4 members (excludes halogenated alkanes) is 3. The van der Waals surface area contributed by atoms with Crippen LogP contribution in [0.25, 0.3) is 11.0 Å². The van der Waals surface area contributed by atoms with Crippen LogP contribution in [0.4, 0.5) is 0 Å². The average Bonchev–Trinajstić information content (AvgIpc) is 3.23. The molecule has 188 valence electrons. The molecule has 4 aromatic rings. The molecule has 0 saturated carbocycles. The predicted octanol–water partition coefficient (Wildman–Crippen LogP) is 6.66. The van der Waals surface area contributed by atoms with Crippen molar-refractivity contribution >= 4 is 16.9 Å². The second kappa shape index (κ2) is 12.9. The number of hydrogen-bond donors (Lipinski definition) is 1. The number of benzene rings is 3. The Kier molecular flexibility index (Phi) is 9.15. The third-order valence-electron chi connectivity index (χ3n) is 6.41. The minimum Gasteiger partial charge on any atom is -0.494 e. The van der Waals surface area contributed by atoms with Crippen molar-refractivity contribution in [3.8, 4) is 5.75 Å². The summed E-state index contributed by atoms with van der Waals surface area (Å²) in [5.74, 6) is 2.10. The van der Waals surface area contributed by atoms with E-state index in [1.165, 1.54) is 11.1 Å². The molecule has 0 saturated heterocycles. The number of fused-ring (bicyclic) bond motifs is 1. The summed E-state index contributed by atoms with van der Waals surface area (Å²) in [4.78, 5) is 17.2. The first-order valence-corrected chi connectivity index (χ1v) is 13.1. The number of carbonyl (C=O) groups excluding carboxylic acids is 1. The van der Waals surface area contributed by atoms with Crippen molar-refractivity contribution < 1.29 is 9.53 Å². The minimum atomic E-state index is 0.00636. The van der Waals surface area contributed by atoms with Gasteiger partial charge < -0.3 is 14.6 Å². The lowest BCUT2D eigenvalue weighted by Crippen LogP contribution is -2.24. The third-order valence-corrected chi connectivity index (χ3v) is 6.41. The summed E-state index contributed by atoms with van der Waals surface area (Å²) in [5.41, 5.74) is 5.32. The van der Waals surface area contributed by atoms with Crippen molar-refractivity contribution in [3.63, 3.8) is 0 Å². The summed E-state index contributed by atoms with van der Waals surface area (Å²) < 4.78 is 8.30. The molecule has 3 aromatic carbocycles. The summed E-state index contributed by atoms with van der Waals surface area (Å²) in [6.45, 7) is 6.45. The van der Waals surface area contributed by atoms with Gasteiger partial charge in [-0.1, -0.05) is 48.4 Å². The van der Waals surface area contributed by atoms with Crippen LogP contribution in [0.15, 0.2) is 72.8 Å². The van der Waals surface area contributed by atoms with E-state index in [0.29, 0.717) is 6.54 Å². The number of amides is 1. The molecule has 1 amide bonds. The van der Waals surface area contributed by atoms with E-state index in [1.807, 2.05) is 43.3 Å². The molecule has 0 spiro atoms. The lowest BCUT2D eigenvalue weighted by Gasteiger charge is -2.11. The molecule has 5 nitrogen and oxygen atoms in total. The second-order valence-corrected chi connectivity index (χ2v) is 9.48. The van der Waals surface area contributed by atoms with Crippen LogP contribution < -0.4 is 10.1 Å². The first-order chi connectivity index (χ1) is 17.6. The number of carbonyl (C=O) groups is 1. The highest BCUT2D eigenvalue weighted by Gasteiger charge is 2.10. The number of nitrogens with zero attached hydrogens (tertiary/aromatic N) is 2. The molecule has 0 aliphatic rings. The Hall–Kier alpha value is -3.60. The second-order valence-electron chi connectivity index (χ2n) is 9.48. The topological polar surface area (TPSA) is 56.1 Å². The maximum Gasteiger partial charge on any atom is 0.251 e. The SMILES string of the molecule is Cc1cccc(OCCCCn2c(CCCCCNC(=O)c3cccc(C)c3)nc3ccccc32)c1. The van der Waals surface area contributed by atoms with Crippen molar-refractivity contribution in [2.45, 2.75) is 58.9 Å². The monoisotopic (exact) mass is 483 g/mol. The molecule has 1 aromatic heterocycles. The average molecular weight is 484 g/mol. The van der Waals surface area contributed by atoms with E-state index < -0.39 is 0 Å². The summed E-state index contributed by atoms with van der Waals surface area (Å²) in [7, 11) is 0. The molecule has 0 aliphatic carbocycles. The van der Waals surface area contributed by atoms with E-state index in [-0.39, 0.29) is 5.91 Å². The van der Waals surface area contributed by atoms with Gasteiger partial charge in [-0.05, 0) is 81.5 Å². The van der Waals surface area contributed by atoms with Crippen LogP contribution in [-0.2, 0) is 13.0 Å². The number of hydrogen-bond acceptors (Lipinski definition) is 3. The van der Waals surface area contributed by atoms with Gasteiger partial charge in [0.15, 0.2) is 0 Å². The molecule has 1 heterocycles. The molecule has 0 aliphatic heterocycles. The fourth-order valence-corrected chi connectivity index (χ4v) is 4.51. The van der Waals surface area contributed by atoms with E-state index in [2.05, 4.69) is 53.2 Å². The van der Waals surface area contributed by atoms with E-state index in [4.69, 9.17) is 9.72 Å². The highest BCUT2D eigenvalue weighted by molar-refractivity contribution is 5.94. The van der Waals surface area contributed by atoms with Gasteiger partial charge in [0.2, 0.25) is 0 Å². The number of aryl methyl sites for hydroxylation is 4. The fraction of sp³-hybridized carbons (Fsp3) is 0.355. The number of para-hydroxylation sites is 2. The van der Waals surface area contributed by atoms with Crippen molar-refractivity contribution in [3.05, 3.63) is 95.3 Å². The fourth-order valence-electron chi connectivity index (χ4n) is 4.51. The van der Waals surface area contributed by atoms with Gasteiger partial charge in [0.1, 0.15) is 11.6 Å². The molecular formula is C31H37N3O2. The predicted molar refractivity (Wildman–Crippen MR) is 147 cm³/mol. The molecule has 36 heavy (non-hydrogen) atoms. The van der Waals surface area contributed by atoms with Gasteiger partial charge in [0, 0.05) is 25.1 Å². The van der Waals surface area contributed by atoms with Gasteiger partial charge in [0.05, 0.1) is 17.6 Å². The summed E-state index contributed by atoms with van der Waals surface area (Å²) in [6, 6.07) is 24.3.